The Kier molecular flexibility index (Phi) is 4.05. The summed E-state index contributed by atoms with van der Waals surface area (Å²) in [5.41, 5.74) is 0.940. The van der Waals surface area contributed by atoms with Crippen LogP contribution in [0.25, 0.3) is 11.2 Å². The molecule has 2 aliphatic rings. The van der Waals surface area contributed by atoms with Crippen molar-refractivity contribution in [1.29, 1.82) is 0 Å². The molecule has 4 N–H and O–H groups in total. The highest BCUT2D eigenvalue weighted by molar-refractivity contribution is 5.82. The second-order valence-electron chi connectivity index (χ2n) is 6.39. The number of aliphatic hydroxyl groups is 3. The van der Waals surface area contributed by atoms with E-state index in [1.165, 1.54) is 17.2 Å². The maximum atomic E-state index is 10.2. The van der Waals surface area contributed by atoms with E-state index in [-0.39, 0.29) is 6.04 Å². The molecule has 6 atom stereocenters. The molecule has 4 rings (SSSR count). The third kappa shape index (κ3) is 2.63. The standard InChI is InChI=1S/C16H19N5O4/c1-2-10-12(23)13(24)16(25-10)21-7-19-11-14(17-6-18-15(11)21)20-8-4-3-5-9(8)22/h1,6-10,12-13,16,22-24H,3-5H2,(H,17,18,20). The molecule has 0 aromatic carbocycles. The molecular weight excluding hydrogens is 326 g/mol. The average Bonchev–Trinajstić information content (AvgIpc) is 3.29. The molecule has 2 fully saturated rings. The van der Waals surface area contributed by atoms with Crippen molar-refractivity contribution >= 4 is 17.0 Å². The first-order valence-electron chi connectivity index (χ1n) is 8.20. The fraction of sp³-hybridized carbons (Fsp3) is 0.562. The van der Waals surface area contributed by atoms with Crippen molar-refractivity contribution in [2.24, 2.45) is 0 Å². The van der Waals surface area contributed by atoms with E-state index in [4.69, 9.17) is 11.2 Å². The number of aromatic nitrogens is 4. The summed E-state index contributed by atoms with van der Waals surface area (Å²) >= 11 is 0. The number of ether oxygens (including phenoxy) is 1. The van der Waals surface area contributed by atoms with Crippen molar-refractivity contribution in [2.75, 3.05) is 5.32 Å². The minimum absolute atomic E-state index is 0.0794. The fourth-order valence-corrected chi connectivity index (χ4v) is 3.46. The van der Waals surface area contributed by atoms with E-state index in [0.717, 1.165) is 19.3 Å². The maximum Gasteiger partial charge on any atom is 0.167 e. The fourth-order valence-electron chi connectivity index (χ4n) is 3.46. The summed E-state index contributed by atoms with van der Waals surface area (Å²) in [5, 5.41) is 33.4. The molecule has 9 nitrogen and oxygen atoms in total. The minimum atomic E-state index is -1.19. The Hall–Kier alpha value is -2.25. The van der Waals surface area contributed by atoms with Crippen molar-refractivity contribution < 1.29 is 20.1 Å². The number of nitrogens with zero attached hydrogens (tertiary/aromatic N) is 4. The Morgan fingerprint density at radius 1 is 1.20 bits per heavy atom. The zero-order valence-electron chi connectivity index (χ0n) is 13.4. The van der Waals surface area contributed by atoms with E-state index in [1.807, 2.05) is 0 Å². The molecule has 132 valence electrons. The van der Waals surface area contributed by atoms with E-state index in [0.29, 0.717) is 17.0 Å². The molecule has 25 heavy (non-hydrogen) atoms. The van der Waals surface area contributed by atoms with Gasteiger partial charge in [-0.3, -0.25) is 4.57 Å². The van der Waals surface area contributed by atoms with Crippen LogP contribution in [0.2, 0.25) is 0 Å². The summed E-state index contributed by atoms with van der Waals surface area (Å²) in [7, 11) is 0. The quantitative estimate of drug-likeness (QED) is 0.544. The Labute approximate surface area is 143 Å². The topological polar surface area (TPSA) is 126 Å². The van der Waals surface area contributed by atoms with Crippen molar-refractivity contribution in [3.63, 3.8) is 0 Å². The molecule has 0 bridgehead atoms. The minimum Gasteiger partial charge on any atom is -0.391 e. The summed E-state index contributed by atoms with van der Waals surface area (Å²) in [4.78, 5) is 12.7. The van der Waals surface area contributed by atoms with Gasteiger partial charge in [-0.05, 0) is 19.3 Å². The first kappa shape index (κ1) is 16.2. The van der Waals surface area contributed by atoms with E-state index in [1.54, 1.807) is 0 Å². The lowest BCUT2D eigenvalue weighted by molar-refractivity contribution is -0.0230. The van der Waals surface area contributed by atoms with Gasteiger partial charge < -0.3 is 25.4 Å². The van der Waals surface area contributed by atoms with Gasteiger partial charge in [0.1, 0.15) is 24.6 Å². The normalized spacial score (nSPS) is 35.1. The monoisotopic (exact) mass is 345 g/mol. The lowest BCUT2D eigenvalue weighted by atomic mass is 10.1. The maximum absolute atomic E-state index is 10.2. The summed E-state index contributed by atoms with van der Waals surface area (Å²) in [6.07, 6.45) is 6.15. The number of aliphatic hydroxyl groups excluding tert-OH is 3. The molecule has 3 heterocycles. The Morgan fingerprint density at radius 2 is 2.04 bits per heavy atom. The molecule has 6 unspecified atom stereocenters. The first-order chi connectivity index (χ1) is 12.1. The van der Waals surface area contributed by atoms with E-state index in [2.05, 4.69) is 26.2 Å². The molecule has 2 aromatic rings. The summed E-state index contributed by atoms with van der Waals surface area (Å²) in [5.74, 6) is 2.82. The highest BCUT2D eigenvalue weighted by Crippen LogP contribution is 2.32. The van der Waals surface area contributed by atoms with Crippen LogP contribution in [0, 0.1) is 12.3 Å². The molecule has 9 heteroatoms. The van der Waals surface area contributed by atoms with Gasteiger partial charge in [-0.1, -0.05) is 5.92 Å². The second kappa shape index (κ2) is 6.24. The van der Waals surface area contributed by atoms with Gasteiger partial charge >= 0.3 is 0 Å². The number of anilines is 1. The van der Waals surface area contributed by atoms with Gasteiger partial charge in [0.2, 0.25) is 0 Å². The van der Waals surface area contributed by atoms with E-state index < -0.39 is 30.6 Å². The van der Waals surface area contributed by atoms with Crippen LogP contribution in [0.3, 0.4) is 0 Å². The lowest BCUT2D eigenvalue weighted by Crippen LogP contribution is -2.30. The number of imidazole rings is 1. The number of hydrogen-bond acceptors (Lipinski definition) is 8. The smallest absolute Gasteiger partial charge is 0.167 e. The molecule has 1 aliphatic carbocycles. The van der Waals surface area contributed by atoms with Crippen LogP contribution in [0.15, 0.2) is 12.7 Å². The number of nitrogens with one attached hydrogen (secondary N) is 1. The van der Waals surface area contributed by atoms with Gasteiger partial charge in [0.25, 0.3) is 0 Å². The predicted octanol–water partition coefficient (Wildman–Crippen LogP) is -0.596. The van der Waals surface area contributed by atoms with Crippen LogP contribution in [0.1, 0.15) is 25.5 Å². The summed E-state index contributed by atoms with van der Waals surface area (Å²) in [6.45, 7) is 0. The third-order valence-electron chi connectivity index (χ3n) is 4.84. The van der Waals surface area contributed by atoms with Crippen molar-refractivity contribution in [3.05, 3.63) is 12.7 Å². The van der Waals surface area contributed by atoms with Crippen molar-refractivity contribution in [2.45, 2.75) is 55.9 Å². The molecule has 0 spiro atoms. The average molecular weight is 345 g/mol. The Balaban J connectivity index is 1.66. The van der Waals surface area contributed by atoms with Crippen LogP contribution < -0.4 is 5.32 Å². The molecule has 1 saturated carbocycles. The number of fused-ring (bicyclic) bond motifs is 1. The first-order valence-corrected chi connectivity index (χ1v) is 8.20. The third-order valence-corrected chi connectivity index (χ3v) is 4.84. The van der Waals surface area contributed by atoms with Crippen LogP contribution >= 0.6 is 0 Å². The van der Waals surface area contributed by atoms with Gasteiger partial charge in [-0.25, -0.2) is 15.0 Å². The summed E-state index contributed by atoms with van der Waals surface area (Å²) in [6, 6.07) is -0.0794. The molecule has 2 aromatic heterocycles. The summed E-state index contributed by atoms with van der Waals surface area (Å²) < 4.78 is 7.07. The van der Waals surface area contributed by atoms with Crippen LogP contribution in [-0.2, 0) is 4.74 Å². The molecular formula is C16H19N5O4. The SMILES string of the molecule is C#CC1OC(n2cnc3c(NC4CCCC4O)ncnc32)C(O)C1O. The zero-order chi connectivity index (χ0) is 17.6. The molecule has 0 radical (unpaired) electrons. The van der Waals surface area contributed by atoms with Gasteiger partial charge in [0, 0.05) is 0 Å². The highest BCUT2D eigenvalue weighted by Gasteiger charge is 2.43. The predicted molar refractivity (Wildman–Crippen MR) is 87.3 cm³/mol. The number of rotatable bonds is 3. The van der Waals surface area contributed by atoms with Gasteiger partial charge in [-0.2, -0.15) is 0 Å². The van der Waals surface area contributed by atoms with Gasteiger partial charge in [-0.15, -0.1) is 6.42 Å². The zero-order valence-corrected chi connectivity index (χ0v) is 13.4. The largest absolute Gasteiger partial charge is 0.391 e. The lowest BCUT2D eigenvalue weighted by Gasteiger charge is -2.18. The van der Waals surface area contributed by atoms with Crippen LogP contribution in [0.4, 0.5) is 5.82 Å². The van der Waals surface area contributed by atoms with Crippen molar-refractivity contribution in [1.82, 2.24) is 19.5 Å². The van der Waals surface area contributed by atoms with Crippen molar-refractivity contribution in [3.8, 4) is 12.3 Å². The molecule has 0 amide bonds. The molecule has 1 aliphatic heterocycles. The highest BCUT2D eigenvalue weighted by atomic mass is 16.6. The Bertz CT molecular complexity index is 818. The number of terminal acetylenes is 1. The van der Waals surface area contributed by atoms with Gasteiger partial charge in [0.05, 0.1) is 18.5 Å². The van der Waals surface area contributed by atoms with E-state index in [9.17, 15) is 15.3 Å². The number of hydrogen-bond donors (Lipinski definition) is 4. The van der Waals surface area contributed by atoms with E-state index >= 15 is 0 Å². The molecule has 1 saturated heterocycles. The van der Waals surface area contributed by atoms with Gasteiger partial charge in [0.15, 0.2) is 23.2 Å². The second-order valence-corrected chi connectivity index (χ2v) is 6.39. The van der Waals surface area contributed by atoms with Crippen LogP contribution in [0.5, 0.6) is 0 Å². The Morgan fingerprint density at radius 3 is 2.72 bits per heavy atom. The van der Waals surface area contributed by atoms with Crippen LogP contribution in [-0.4, -0.2) is 65.3 Å².